The van der Waals surface area contributed by atoms with Crippen LogP contribution in [0, 0.1) is 5.92 Å². The van der Waals surface area contributed by atoms with E-state index in [1.54, 1.807) is 14.2 Å². The predicted molar refractivity (Wildman–Crippen MR) is 120 cm³/mol. The number of hydrogen-bond acceptors (Lipinski definition) is 4. The maximum Gasteiger partial charge on any atom is 0.262 e. The molecule has 2 amide bonds. The first-order valence-electron chi connectivity index (χ1n) is 10.5. The summed E-state index contributed by atoms with van der Waals surface area (Å²) in [5, 5.41) is 6.83. The number of amides is 2. The molecule has 0 spiro atoms. The minimum atomic E-state index is -0.252. The van der Waals surface area contributed by atoms with Crippen LogP contribution >= 0.6 is 11.6 Å². The molecular formula is C24H26ClN3O3. The molecule has 0 saturated heterocycles. The van der Waals surface area contributed by atoms with Crippen molar-refractivity contribution in [1.82, 2.24) is 9.91 Å². The van der Waals surface area contributed by atoms with Gasteiger partial charge in [-0.15, -0.1) is 0 Å². The Labute approximate surface area is 187 Å². The van der Waals surface area contributed by atoms with Gasteiger partial charge in [0.25, 0.3) is 5.91 Å². The van der Waals surface area contributed by atoms with Crippen molar-refractivity contribution in [1.29, 1.82) is 0 Å². The Morgan fingerprint density at radius 1 is 1.19 bits per heavy atom. The lowest BCUT2D eigenvalue weighted by molar-refractivity contribution is -0.144. The molecule has 0 bridgehead atoms. The largest absolute Gasteiger partial charge is 0.497 e. The zero-order chi connectivity index (χ0) is 22.0. The second-order valence-electron chi connectivity index (χ2n) is 8.11. The summed E-state index contributed by atoms with van der Waals surface area (Å²) in [6, 6.07) is 14.9. The summed E-state index contributed by atoms with van der Waals surface area (Å²) >= 11 is 6.06. The van der Waals surface area contributed by atoms with Gasteiger partial charge in [0.05, 0.1) is 18.9 Å². The molecule has 1 saturated carbocycles. The smallest absolute Gasteiger partial charge is 0.262 e. The summed E-state index contributed by atoms with van der Waals surface area (Å²) < 4.78 is 5.34. The summed E-state index contributed by atoms with van der Waals surface area (Å²) in [6.07, 6.45) is 3.47. The van der Waals surface area contributed by atoms with Gasteiger partial charge in [-0.2, -0.15) is 5.10 Å². The van der Waals surface area contributed by atoms with Crippen LogP contribution in [0.25, 0.3) is 0 Å². The van der Waals surface area contributed by atoms with Gasteiger partial charge in [-0.1, -0.05) is 42.3 Å². The van der Waals surface area contributed by atoms with Gasteiger partial charge in [0.2, 0.25) is 5.91 Å². The highest BCUT2D eigenvalue weighted by Crippen LogP contribution is 2.34. The minimum absolute atomic E-state index is 0.00825. The van der Waals surface area contributed by atoms with E-state index in [4.69, 9.17) is 16.3 Å². The van der Waals surface area contributed by atoms with Crippen molar-refractivity contribution in [2.45, 2.75) is 31.7 Å². The summed E-state index contributed by atoms with van der Waals surface area (Å²) in [5.74, 6) is 0.630. The number of rotatable bonds is 6. The lowest BCUT2D eigenvalue weighted by atomic mass is 9.84. The number of hydrogen-bond donors (Lipinski definition) is 0. The zero-order valence-electron chi connectivity index (χ0n) is 17.8. The molecule has 0 aromatic heterocycles. The van der Waals surface area contributed by atoms with Crippen molar-refractivity contribution in [3.05, 3.63) is 64.7 Å². The number of likely N-dealkylation sites (N-methyl/N-ethyl adjacent to an activating group) is 1. The van der Waals surface area contributed by atoms with E-state index >= 15 is 0 Å². The Morgan fingerprint density at radius 2 is 1.94 bits per heavy atom. The van der Waals surface area contributed by atoms with E-state index in [1.165, 1.54) is 9.91 Å². The molecule has 1 fully saturated rings. The molecule has 4 rings (SSSR count). The van der Waals surface area contributed by atoms with E-state index in [2.05, 4.69) is 5.10 Å². The summed E-state index contributed by atoms with van der Waals surface area (Å²) in [4.78, 5) is 27.3. The van der Waals surface area contributed by atoms with Crippen molar-refractivity contribution in [3.63, 3.8) is 0 Å². The molecule has 162 valence electrons. The third-order valence-corrected chi connectivity index (χ3v) is 6.28. The van der Waals surface area contributed by atoms with Crippen LogP contribution in [-0.4, -0.2) is 48.1 Å². The fraction of sp³-hybridized carbons (Fsp3) is 0.375. The maximum atomic E-state index is 13.2. The van der Waals surface area contributed by atoms with Crippen LogP contribution in [-0.2, 0) is 9.59 Å². The molecule has 1 atom stereocenters. The molecule has 2 aromatic rings. The fourth-order valence-corrected chi connectivity index (χ4v) is 4.11. The highest BCUT2D eigenvalue weighted by atomic mass is 35.5. The molecule has 0 N–H and O–H groups in total. The maximum absolute atomic E-state index is 13.2. The summed E-state index contributed by atoms with van der Waals surface area (Å²) in [6.45, 7) is 0.00825. The lowest BCUT2D eigenvalue weighted by Gasteiger charge is -2.30. The number of methoxy groups -OCH3 is 1. The van der Waals surface area contributed by atoms with Gasteiger partial charge < -0.3 is 9.64 Å². The predicted octanol–water partition coefficient (Wildman–Crippen LogP) is 4.28. The number of carbonyl (C=O) groups is 2. The summed E-state index contributed by atoms with van der Waals surface area (Å²) in [7, 11) is 3.31. The lowest BCUT2D eigenvalue weighted by Crippen LogP contribution is -2.42. The van der Waals surface area contributed by atoms with Crippen LogP contribution in [0.15, 0.2) is 53.6 Å². The Kier molecular flexibility index (Phi) is 6.28. The Bertz CT molecular complexity index is 1000. The number of benzene rings is 2. The zero-order valence-corrected chi connectivity index (χ0v) is 18.5. The van der Waals surface area contributed by atoms with Crippen LogP contribution in [0.1, 0.15) is 42.9 Å². The van der Waals surface area contributed by atoms with E-state index < -0.39 is 0 Å². The number of nitrogens with zero attached hydrogens (tertiary/aromatic N) is 3. The van der Waals surface area contributed by atoms with Crippen LogP contribution in [0.3, 0.4) is 0 Å². The van der Waals surface area contributed by atoms with Gasteiger partial charge >= 0.3 is 0 Å². The van der Waals surface area contributed by atoms with Gasteiger partial charge in [0.1, 0.15) is 12.3 Å². The Morgan fingerprint density at radius 3 is 2.58 bits per heavy atom. The van der Waals surface area contributed by atoms with Gasteiger partial charge in [0.15, 0.2) is 0 Å². The molecule has 1 heterocycles. The van der Waals surface area contributed by atoms with Crippen molar-refractivity contribution >= 4 is 29.1 Å². The Balaban J connectivity index is 1.59. The number of halogens is 1. The molecule has 1 unspecified atom stereocenters. The highest BCUT2D eigenvalue weighted by molar-refractivity contribution is 6.30. The quantitative estimate of drug-likeness (QED) is 0.674. The molecule has 6 nitrogen and oxygen atoms in total. The molecule has 2 aromatic carbocycles. The average molecular weight is 440 g/mol. The molecule has 2 aliphatic rings. The van der Waals surface area contributed by atoms with Gasteiger partial charge in [-0.05, 0) is 42.7 Å². The van der Waals surface area contributed by atoms with E-state index in [0.29, 0.717) is 11.4 Å². The monoisotopic (exact) mass is 439 g/mol. The molecule has 7 heteroatoms. The molecule has 31 heavy (non-hydrogen) atoms. The van der Waals surface area contributed by atoms with E-state index in [-0.39, 0.29) is 30.3 Å². The van der Waals surface area contributed by atoms with Crippen molar-refractivity contribution in [2.24, 2.45) is 11.0 Å². The number of carbonyl (C=O) groups excluding carboxylic acids is 2. The second kappa shape index (κ2) is 9.10. The van der Waals surface area contributed by atoms with Crippen molar-refractivity contribution < 1.29 is 14.3 Å². The van der Waals surface area contributed by atoms with Gasteiger partial charge in [0, 0.05) is 30.0 Å². The second-order valence-corrected chi connectivity index (χ2v) is 8.55. The minimum Gasteiger partial charge on any atom is -0.497 e. The third kappa shape index (κ3) is 4.59. The summed E-state index contributed by atoms with van der Waals surface area (Å²) in [5.41, 5.74) is 2.67. The highest BCUT2D eigenvalue weighted by Gasteiger charge is 2.35. The van der Waals surface area contributed by atoms with Crippen molar-refractivity contribution in [3.8, 4) is 5.75 Å². The molecular weight excluding hydrogens is 414 g/mol. The van der Waals surface area contributed by atoms with Crippen LogP contribution < -0.4 is 4.74 Å². The van der Waals surface area contributed by atoms with Crippen LogP contribution in [0.5, 0.6) is 5.75 Å². The Hall–Kier alpha value is -2.86. The van der Waals surface area contributed by atoms with Crippen LogP contribution in [0.4, 0.5) is 0 Å². The molecule has 1 aliphatic heterocycles. The SMILES string of the molecule is COc1cccc(C2=NN(C(=O)CN(C)C(=O)C3CCC3)C(c3ccc(Cl)cc3)C2)c1. The molecule has 1 aliphatic carbocycles. The first kappa shape index (κ1) is 21.4. The number of hydrazone groups is 1. The fourth-order valence-electron chi connectivity index (χ4n) is 3.98. The van der Waals surface area contributed by atoms with Gasteiger partial charge in [-0.3, -0.25) is 9.59 Å². The third-order valence-electron chi connectivity index (χ3n) is 6.03. The van der Waals surface area contributed by atoms with Crippen LogP contribution in [0.2, 0.25) is 5.02 Å². The molecule has 0 radical (unpaired) electrons. The average Bonchev–Trinajstić information content (AvgIpc) is 3.18. The first-order valence-corrected chi connectivity index (χ1v) is 10.9. The normalized spacial score (nSPS) is 18.4. The van der Waals surface area contributed by atoms with Crippen molar-refractivity contribution in [2.75, 3.05) is 20.7 Å². The van der Waals surface area contributed by atoms with E-state index in [1.807, 2.05) is 48.5 Å². The van der Waals surface area contributed by atoms with Gasteiger partial charge in [-0.25, -0.2) is 5.01 Å². The number of ether oxygens (including phenoxy) is 1. The first-order chi connectivity index (χ1) is 15.0. The topological polar surface area (TPSA) is 62.2 Å². The van der Waals surface area contributed by atoms with E-state index in [0.717, 1.165) is 41.9 Å². The standard InChI is InChI=1S/C24H26ClN3O3/c1-27(24(30)17-5-3-6-17)15-23(29)28-22(16-9-11-19(25)12-10-16)14-21(26-28)18-7-4-8-20(13-18)31-2/h4,7-13,17,22H,3,5-6,14-15H2,1-2H3. The van der Waals surface area contributed by atoms with E-state index in [9.17, 15) is 9.59 Å².